The molecule has 0 amide bonds. The van der Waals surface area contributed by atoms with E-state index in [4.69, 9.17) is 9.94 Å². The Kier molecular flexibility index (Phi) is 4.11. The van der Waals surface area contributed by atoms with Gasteiger partial charge in [-0.25, -0.2) is 4.79 Å². The normalized spacial score (nSPS) is 15.7. The Morgan fingerprint density at radius 3 is 2.31 bits per heavy atom. The SMILES string of the molecule is O=C(O)c1cccc(C2=NOC(c3ccc(-c4ccccc4)cc3)N2)c1. The number of nitrogens with zero attached hydrogens (tertiary/aromatic N) is 1. The summed E-state index contributed by atoms with van der Waals surface area (Å²) in [7, 11) is 0. The zero-order valence-corrected chi connectivity index (χ0v) is 13.8. The fraction of sp³-hybridized carbons (Fsp3) is 0.0476. The summed E-state index contributed by atoms with van der Waals surface area (Å²) in [6.07, 6.45) is -0.400. The number of nitrogens with one attached hydrogen (secondary N) is 1. The van der Waals surface area contributed by atoms with Crippen LogP contribution in [0.3, 0.4) is 0 Å². The van der Waals surface area contributed by atoms with Crippen molar-refractivity contribution in [3.63, 3.8) is 0 Å². The van der Waals surface area contributed by atoms with Crippen molar-refractivity contribution in [1.82, 2.24) is 5.32 Å². The van der Waals surface area contributed by atoms with Crippen LogP contribution in [0, 0.1) is 0 Å². The van der Waals surface area contributed by atoms with E-state index in [9.17, 15) is 4.79 Å². The molecule has 128 valence electrons. The van der Waals surface area contributed by atoms with Crippen molar-refractivity contribution in [1.29, 1.82) is 0 Å². The third-order valence-corrected chi connectivity index (χ3v) is 4.22. The first-order valence-electron chi connectivity index (χ1n) is 8.20. The summed E-state index contributed by atoms with van der Waals surface area (Å²) in [6, 6.07) is 24.8. The van der Waals surface area contributed by atoms with Gasteiger partial charge in [-0.05, 0) is 23.3 Å². The minimum atomic E-state index is -0.973. The number of aromatic carboxylic acids is 1. The molecule has 0 aliphatic carbocycles. The average molecular weight is 344 g/mol. The molecular weight excluding hydrogens is 328 g/mol. The molecule has 0 fully saturated rings. The molecule has 1 aliphatic rings. The fourth-order valence-electron chi connectivity index (χ4n) is 2.84. The number of carbonyl (C=O) groups is 1. The maximum absolute atomic E-state index is 11.1. The molecule has 1 atom stereocenters. The third-order valence-electron chi connectivity index (χ3n) is 4.22. The third kappa shape index (κ3) is 3.15. The molecule has 5 heteroatoms. The Bertz CT molecular complexity index is 966. The highest BCUT2D eigenvalue weighted by Crippen LogP contribution is 2.25. The number of carboxylic acid groups (broad SMARTS) is 1. The molecule has 0 saturated heterocycles. The molecule has 4 rings (SSSR count). The van der Waals surface area contributed by atoms with E-state index in [1.165, 1.54) is 0 Å². The molecule has 0 aromatic heterocycles. The predicted octanol–water partition coefficient (Wildman–Crippen LogP) is 4.03. The van der Waals surface area contributed by atoms with Crippen molar-refractivity contribution in [2.24, 2.45) is 5.16 Å². The summed E-state index contributed by atoms with van der Waals surface area (Å²) in [6.45, 7) is 0. The van der Waals surface area contributed by atoms with Gasteiger partial charge in [-0.3, -0.25) is 0 Å². The topological polar surface area (TPSA) is 70.9 Å². The zero-order chi connectivity index (χ0) is 17.9. The van der Waals surface area contributed by atoms with Crippen LogP contribution in [-0.4, -0.2) is 16.9 Å². The van der Waals surface area contributed by atoms with E-state index >= 15 is 0 Å². The summed E-state index contributed by atoms with van der Waals surface area (Å²) in [5.74, 6) is -0.454. The molecular formula is C21H16N2O3. The fourth-order valence-corrected chi connectivity index (χ4v) is 2.84. The molecule has 0 radical (unpaired) electrons. The predicted molar refractivity (Wildman–Crippen MR) is 98.8 cm³/mol. The number of carboxylic acids is 1. The van der Waals surface area contributed by atoms with Crippen molar-refractivity contribution < 1.29 is 14.7 Å². The minimum Gasteiger partial charge on any atom is -0.478 e. The van der Waals surface area contributed by atoms with Crippen molar-refractivity contribution in [3.05, 3.63) is 95.6 Å². The summed E-state index contributed by atoms with van der Waals surface area (Å²) < 4.78 is 0. The highest BCUT2D eigenvalue weighted by Gasteiger charge is 2.23. The van der Waals surface area contributed by atoms with Crippen LogP contribution in [0.4, 0.5) is 0 Å². The molecule has 1 unspecified atom stereocenters. The first kappa shape index (κ1) is 15.9. The lowest BCUT2D eigenvalue weighted by Crippen LogP contribution is -2.23. The van der Waals surface area contributed by atoms with Gasteiger partial charge in [0.05, 0.1) is 5.56 Å². The van der Waals surface area contributed by atoms with Crippen LogP contribution in [0.5, 0.6) is 0 Å². The van der Waals surface area contributed by atoms with E-state index in [0.29, 0.717) is 11.4 Å². The van der Waals surface area contributed by atoms with Gasteiger partial charge in [-0.1, -0.05) is 71.9 Å². The van der Waals surface area contributed by atoms with Crippen molar-refractivity contribution in [3.8, 4) is 11.1 Å². The molecule has 0 bridgehead atoms. The van der Waals surface area contributed by atoms with Crippen LogP contribution in [-0.2, 0) is 4.84 Å². The number of amidine groups is 1. The van der Waals surface area contributed by atoms with E-state index in [1.54, 1.807) is 24.3 Å². The first-order valence-corrected chi connectivity index (χ1v) is 8.20. The largest absolute Gasteiger partial charge is 0.478 e. The summed E-state index contributed by atoms with van der Waals surface area (Å²) in [5.41, 5.74) is 4.11. The molecule has 1 aliphatic heterocycles. The lowest BCUT2D eigenvalue weighted by molar-refractivity contribution is 0.0696. The molecule has 26 heavy (non-hydrogen) atoms. The van der Waals surface area contributed by atoms with Gasteiger partial charge in [-0.2, -0.15) is 0 Å². The van der Waals surface area contributed by atoms with Gasteiger partial charge in [-0.15, -0.1) is 0 Å². The lowest BCUT2D eigenvalue weighted by Gasteiger charge is -2.11. The minimum absolute atomic E-state index is 0.211. The number of benzene rings is 3. The molecule has 5 nitrogen and oxygen atoms in total. The number of rotatable bonds is 4. The van der Waals surface area contributed by atoms with Crippen LogP contribution >= 0.6 is 0 Å². The Labute approximate surface area is 150 Å². The summed E-state index contributed by atoms with van der Waals surface area (Å²) in [5, 5.41) is 16.4. The molecule has 1 heterocycles. The van der Waals surface area contributed by atoms with Crippen LogP contribution in [0.1, 0.15) is 27.7 Å². The molecule has 3 aromatic rings. The van der Waals surface area contributed by atoms with Crippen molar-refractivity contribution >= 4 is 11.8 Å². The summed E-state index contributed by atoms with van der Waals surface area (Å²) >= 11 is 0. The quantitative estimate of drug-likeness (QED) is 0.749. The van der Waals surface area contributed by atoms with Gasteiger partial charge < -0.3 is 15.3 Å². The molecule has 2 N–H and O–H groups in total. The van der Waals surface area contributed by atoms with Crippen LogP contribution in [0.25, 0.3) is 11.1 Å². The van der Waals surface area contributed by atoms with Crippen LogP contribution in [0.15, 0.2) is 84.0 Å². The number of hydrogen-bond donors (Lipinski definition) is 2. The second kappa shape index (κ2) is 6.72. The van der Waals surface area contributed by atoms with E-state index in [1.807, 2.05) is 42.5 Å². The number of oxime groups is 1. The van der Waals surface area contributed by atoms with Gasteiger partial charge in [0.15, 0.2) is 5.84 Å². The lowest BCUT2D eigenvalue weighted by atomic mass is 10.0. The van der Waals surface area contributed by atoms with Gasteiger partial charge in [0, 0.05) is 11.1 Å². The molecule has 0 spiro atoms. The Balaban J connectivity index is 1.50. The average Bonchev–Trinajstić information content (AvgIpc) is 3.19. The molecule has 3 aromatic carbocycles. The maximum Gasteiger partial charge on any atom is 0.335 e. The number of hydrogen-bond acceptors (Lipinski definition) is 4. The van der Waals surface area contributed by atoms with Gasteiger partial charge in [0.25, 0.3) is 0 Å². The highest BCUT2D eigenvalue weighted by molar-refractivity contribution is 6.01. The van der Waals surface area contributed by atoms with Crippen LogP contribution in [0.2, 0.25) is 0 Å². The van der Waals surface area contributed by atoms with Gasteiger partial charge in [0.2, 0.25) is 6.23 Å². The van der Waals surface area contributed by atoms with Gasteiger partial charge in [0.1, 0.15) is 0 Å². The van der Waals surface area contributed by atoms with Crippen molar-refractivity contribution in [2.75, 3.05) is 0 Å². The Hall–Kier alpha value is -3.60. The first-order chi connectivity index (χ1) is 12.7. The highest BCUT2D eigenvalue weighted by atomic mass is 16.7. The second-order valence-electron chi connectivity index (χ2n) is 5.94. The zero-order valence-electron chi connectivity index (χ0n) is 13.8. The Morgan fingerprint density at radius 2 is 1.58 bits per heavy atom. The molecule has 0 saturated carbocycles. The van der Waals surface area contributed by atoms with E-state index in [0.717, 1.165) is 16.7 Å². The Morgan fingerprint density at radius 1 is 0.885 bits per heavy atom. The van der Waals surface area contributed by atoms with Gasteiger partial charge >= 0.3 is 5.97 Å². The maximum atomic E-state index is 11.1. The monoisotopic (exact) mass is 344 g/mol. The van der Waals surface area contributed by atoms with Crippen LogP contribution < -0.4 is 5.32 Å². The smallest absolute Gasteiger partial charge is 0.335 e. The van der Waals surface area contributed by atoms with E-state index in [-0.39, 0.29) is 5.56 Å². The standard InChI is InChI=1S/C21H16N2O3/c24-21(25)18-8-4-7-17(13-18)19-22-20(26-23-19)16-11-9-15(10-12-16)14-5-2-1-3-6-14/h1-13,20H,(H,22,23)(H,24,25). The van der Waals surface area contributed by atoms with E-state index < -0.39 is 12.2 Å². The summed E-state index contributed by atoms with van der Waals surface area (Å²) in [4.78, 5) is 16.6. The van der Waals surface area contributed by atoms with E-state index in [2.05, 4.69) is 22.6 Å². The second-order valence-corrected chi connectivity index (χ2v) is 5.94. The van der Waals surface area contributed by atoms with Crippen molar-refractivity contribution in [2.45, 2.75) is 6.23 Å².